The molecule has 0 saturated carbocycles. The van der Waals surface area contributed by atoms with E-state index in [9.17, 15) is 4.79 Å². The predicted molar refractivity (Wildman–Crippen MR) is 80.9 cm³/mol. The number of hydrogen-bond donors (Lipinski definition) is 0. The number of hydrogen-bond acceptors (Lipinski definition) is 3. The quantitative estimate of drug-likeness (QED) is 0.703. The SMILES string of the molecule is COc1cc(Br)ccc1C(=O)c1cc(Br)c(C)s1. The number of thiophene rings is 1. The second-order valence-electron chi connectivity index (χ2n) is 3.69. The first-order chi connectivity index (χ1) is 8.52. The highest BCUT2D eigenvalue weighted by Gasteiger charge is 2.17. The number of ether oxygens (including phenoxy) is 1. The highest BCUT2D eigenvalue weighted by Crippen LogP contribution is 2.31. The molecule has 2 rings (SSSR count). The highest BCUT2D eigenvalue weighted by molar-refractivity contribution is 9.10. The van der Waals surface area contributed by atoms with Gasteiger partial charge < -0.3 is 4.74 Å². The van der Waals surface area contributed by atoms with Crippen molar-refractivity contribution in [1.29, 1.82) is 0 Å². The molecule has 1 aromatic carbocycles. The minimum Gasteiger partial charge on any atom is -0.496 e. The summed E-state index contributed by atoms with van der Waals surface area (Å²) in [6.07, 6.45) is 0. The predicted octanol–water partition coefficient (Wildman–Crippen LogP) is 4.82. The van der Waals surface area contributed by atoms with E-state index in [-0.39, 0.29) is 5.78 Å². The zero-order valence-corrected chi connectivity index (χ0v) is 13.8. The van der Waals surface area contributed by atoms with Gasteiger partial charge in [0.15, 0.2) is 0 Å². The van der Waals surface area contributed by atoms with E-state index in [0.29, 0.717) is 16.2 Å². The van der Waals surface area contributed by atoms with Crippen molar-refractivity contribution >= 4 is 49.0 Å². The average Bonchev–Trinajstić information content (AvgIpc) is 2.68. The molecule has 2 aromatic rings. The van der Waals surface area contributed by atoms with Crippen LogP contribution in [0.5, 0.6) is 5.75 Å². The third-order valence-electron chi connectivity index (χ3n) is 2.49. The number of aryl methyl sites for hydroxylation is 1. The molecule has 0 N–H and O–H groups in total. The van der Waals surface area contributed by atoms with Crippen LogP contribution in [0.1, 0.15) is 20.1 Å². The van der Waals surface area contributed by atoms with E-state index in [2.05, 4.69) is 31.9 Å². The Morgan fingerprint density at radius 3 is 2.56 bits per heavy atom. The molecule has 18 heavy (non-hydrogen) atoms. The molecular weight excluding hydrogens is 380 g/mol. The Morgan fingerprint density at radius 1 is 1.28 bits per heavy atom. The molecule has 1 heterocycles. The lowest BCUT2D eigenvalue weighted by Gasteiger charge is -2.06. The van der Waals surface area contributed by atoms with Gasteiger partial charge in [-0.15, -0.1) is 11.3 Å². The minimum atomic E-state index is -0.0156. The summed E-state index contributed by atoms with van der Waals surface area (Å²) in [4.78, 5) is 14.2. The molecule has 0 spiro atoms. The van der Waals surface area contributed by atoms with Gasteiger partial charge in [0.2, 0.25) is 5.78 Å². The Labute approximate surface area is 126 Å². The summed E-state index contributed by atoms with van der Waals surface area (Å²) in [5, 5.41) is 0. The molecule has 0 saturated heterocycles. The van der Waals surface area contributed by atoms with Crippen molar-refractivity contribution in [3.8, 4) is 5.75 Å². The van der Waals surface area contributed by atoms with Crippen LogP contribution in [0.2, 0.25) is 0 Å². The normalized spacial score (nSPS) is 10.4. The molecular formula is C13H10Br2O2S. The average molecular weight is 390 g/mol. The molecule has 1 aromatic heterocycles. The Kier molecular flexibility index (Phi) is 4.25. The van der Waals surface area contributed by atoms with E-state index in [1.807, 2.05) is 19.1 Å². The van der Waals surface area contributed by atoms with Crippen molar-refractivity contribution in [2.75, 3.05) is 7.11 Å². The third kappa shape index (κ3) is 2.68. The Bertz CT molecular complexity index is 586. The fraction of sp³-hybridized carbons (Fsp3) is 0.154. The van der Waals surface area contributed by atoms with Gasteiger partial charge in [0.05, 0.1) is 17.6 Å². The van der Waals surface area contributed by atoms with Crippen molar-refractivity contribution in [1.82, 2.24) is 0 Å². The molecule has 0 amide bonds. The maximum Gasteiger partial charge on any atom is 0.206 e. The number of methoxy groups -OCH3 is 1. The van der Waals surface area contributed by atoms with Crippen LogP contribution in [0.3, 0.4) is 0 Å². The molecule has 5 heteroatoms. The van der Waals surface area contributed by atoms with Crippen LogP contribution < -0.4 is 4.74 Å². The van der Waals surface area contributed by atoms with Crippen LogP contribution >= 0.6 is 43.2 Å². The molecule has 0 unspecified atom stereocenters. The lowest BCUT2D eigenvalue weighted by molar-refractivity contribution is 0.103. The number of benzene rings is 1. The molecule has 94 valence electrons. The van der Waals surface area contributed by atoms with Crippen LogP contribution in [0.25, 0.3) is 0 Å². The summed E-state index contributed by atoms with van der Waals surface area (Å²) in [6, 6.07) is 7.26. The number of ketones is 1. The van der Waals surface area contributed by atoms with Crippen LogP contribution in [-0.4, -0.2) is 12.9 Å². The van der Waals surface area contributed by atoms with E-state index >= 15 is 0 Å². The number of rotatable bonds is 3. The Balaban J connectivity index is 2.45. The summed E-state index contributed by atoms with van der Waals surface area (Å²) in [6.45, 7) is 1.98. The van der Waals surface area contributed by atoms with Gasteiger partial charge in [-0.2, -0.15) is 0 Å². The second-order valence-corrected chi connectivity index (χ2v) is 6.71. The molecule has 0 radical (unpaired) electrons. The first-order valence-corrected chi connectivity index (χ1v) is 7.57. The molecule has 0 atom stereocenters. The van der Waals surface area contributed by atoms with E-state index in [4.69, 9.17) is 4.74 Å². The van der Waals surface area contributed by atoms with Gasteiger partial charge in [-0.05, 0) is 47.1 Å². The van der Waals surface area contributed by atoms with Gasteiger partial charge >= 0.3 is 0 Å². The maximum absolute atomic E-state index is 12.4. The summed E-state index contributed by atoms with van der Waals surface area (Å²) in [5.41, 5.74) is 0.578. The van der Waals surface area contributed by atoms with E-state index in [0.717, 1.165) is 13.8 Å². The van der Waals surface area contributed by atoms with Gasteiger partial charge in [0.25, 0.3) is 0 Å². The number of halogens is 2. The van der Waals surface area contributed by atoms with Gasteiger partial charge in [0, 0.05) is 13.8 Å². The topological polar surface area (TPSA) is 26.3 Å². The smallest absolute Gasteiger partial charge is 0.206 e. The van der Waals surface area contributed by atoms with Crippen LogP contribution in [0, 0.1) is 6.92 Å². The molecule has 0 aliphatic heterocycles. The summed E-state index contributed by atoms with van der Waals surface area (Å²) in [7, 11) is 1.56. The lowest BCUT2D eigenvalue weighted by Crippen LogP contribution is -2.01. The van der Waals surface area contributed by atoms with Gasteiger partial charge in [-0.1, -0.05) is 15.9 Å². The largest absolute Gasteiger partial charge is 0.496 e. The summed E-state index contributed by atoms with van der Waals surface area (Å²) >= 11 is 8.26. The van der Waals surface area contributed by atoms with Gasteiger partial charge in [0.1, 0.15) is 5.75 Å². The van der Waals surface area contributed by atoms with Crippen molar-refractivity contribution in [3.05, 3.63) is 48.5 Å². The zero-order chi connectivity index (χ0) is 13.3. The van der Waals surface area contributed by atoms with Gasteiger partial charge in [-0.25, -0.2) is 0 Å². The van der Waals surface area contributed by atoms with Crippen LogP contribution in [0.15, 0.2) is 33.2 Å². The van der Waals surface area contributed by atoms with E-state index in [1.165, 1.54) is 11.3 Å². The third-order valence-corrected chi connectivity index (χ3v) is 5.12. The van der Waals surface area contributed by atoms with Crippen LogP contribution in [-0.2, 0) is 0 Å². The fourth-order valence-electron chi connectivity index (χ4n) is 1.56. The molecule has 0 fully saturated rings. The minimum absolute atomic E-state index is 0.0156. The summed E-state index contributed by atoms with van der Waals surface area (Å²) < 4.78 is 7.10. The van der Waals surface area contributed by atoms with Crippen molar-refractivity contribution in [2.24, 2.45) is 0 Å². The fourth-order valence-corrected chi connectivity index (χ4v) is 3.39. The maximum atomic E-state index is 12.4. The van der Waals surface area contributed by atoms with Crippen molar-refractivity contribution in [2.45, 2.75) is 6.92 Å². The number of carbonyl (C=O) groups is 1. The highest BCUT2D eigenvalue weighted by atomic mass is 79.9. The summed E-state index contributed by atoms with van der Waals surface area (Å²) in [5.74, 6) is 0.565. The first kappa shape index (κ1) is 13.8. The second kappa shape index (κ2) is 5.55. The molecule has 0 bridgehead atoms. The molecule has 2 nitrogen and oxygen atoms in total. The van der Waals surface area contributed by atoms with E-state index < -0.39 is 0 Å². The Hall–Kier alpha value is -0.650. The molecule has 0 aliphatic rings. The standard InChI is InChI=1S/C13H10Br2O2S/c1-7-10(15)6-12(18-7)13(16)9-4-3-8(14)5-11(9)17-2/h3-6H,1-2H3. The Morgan fingerprint density at radius 2 is 2.00 bits per heavy atom. The van der Waals surface area contributed by atoms with Crippen molar-refractivity contribution in [3.63, 3.8) is 0 Å². The zero-order valence-electron chi connectivity index (χ0n) is 9.79. The van der Waals surface area contributed by atoms with E-state index in [1.54, 1.807) is 19.2 Å². The molecule has 0 aliphatic carbocycles. The lowest BCUT2D eigenvalue weighted by atomic mass is 10.1. The van der Waals surface area contributed by atoms with Crippen molar-refractivity contribution < 1.29 is 9.53 Å². The van der Waals surface area contributed by atoms with Gasteiger partial charge in [-0.3, -0.25) is 4.79 Å². The monoisotopic (exact) mass is 388 g/mol. The number of carbonyl (C=O) groups excluding carboxylic acids is 1. The van der Waals surface area contributed by atoms with Crippen LogP contribution in [0.4, 0.5) is 0 Å². The first-order valence-electron chi connectivity index (χ1n) is 5.17.